The Kier molecular flexibility index (Phi) is 3.20. The zero-order valence-electron chi connectivity index (χ0n) is 8.95. The predicted molar refractivity (Wildman–Crippen MR) is 63.9 cm³/mol. The highest BCUT2D eigenvalue weighted by Gasteiger charge is 2.03. The van der Waals surface area contributed by atoms with Gasteiger partial charge in [-0.05, 0) is 24.3 Å². The minimum Gasteiger partial charge on any atom is -0.691 e. The number of nitrogens with zero attached hydrogens (tertiary/aromatic N) is 2. The van der Waals surface area contributed by atoms with Crippen molar-refractivity contribution in [1.82, 2.24) is 0 Å². The third-order valence-corrected chi connectivity index (χ3v) is 2.14. The maximum absolute atomic E-state index is 11.5. The van der Waals surface area contributed by atoms with E-state index < -0.39 is 0 Å². The molecule has 0 spiro atoms. The average molecular weight is 229 g/mol. The number of anilines is 1. The first-order valence-electron chi connectivity index (χ1n) is 5.04. The number of benzene rings is 2. The lowest BCUT2D eigenvalue weighted by Gasteiger charge is -2.04. The fraction of sp³-hybridized carbons (Fsp3) is 0. The zero-order chi connectivity index (χ0) is 12.1. The molecule has 86 valence electrons. The van der Waals surface area contributed by atoms with Gasteiger partial charge in [-0.3, -0.25) is 0 Å². The van der Waals surface area contributed by atoms with Gasteiger partial charge < -0.3 is 10.3 Å². The number of hydrogen-bond donors (Lipinski definition) is 2. The van der Waals surface area contributed by atoms with Crippen LogP contribution < -0.4 is 5.43 Å². The van der Waals surface area contributed by atoms with Crippen LogP contribution in [0.5, 0.6) is 5.75 Å². The molecule has 0 fully saturated rings. The highest BCUT2D eigenvalue weighted by Crippen LogP contribution is 2.21. The lowest BCUT2D eigenvalue weighted by molar-refractivity contribution is -0.439. The van der Waals surface area contributed by atoms with E-state index in [1.807, 2.05) is 6.07 Å². The molecular weight excluding hydrogens is 218 g/mol. The van der Waals surface area contributed by atoms with Crippen LogP contribution in [0.3, 0.4) is 0 Å². The van der Waals surface area contributed by atoms with Crippen molar-refractivity contribution in [2.24, 2.45) is 5.22 Å². The van der Waals surface area contributed by atoms with E-state index in [9.17, 15) is 10.3 Å². The summed E-state index contributed by atoms with van der Waals surface area (Å²) >= 11 is 0. The maximum atomic E-state index is 11.5. The summed E-state index contributed by atoms with van der Waals surface area (Å²) in [6.45, 7) is 0. The molecule has 0 atom stereocenters. The van der Waals surface area contributed by atoms with Gasteiger partial charge in [-0.15, -0.1) is 10.3 Å². The Bertz CT molecular complexity index is 526. The van der Waals surface area contributed by atoms with Crippen LogP contribution in [0.25, 0.3) is 0 Å². The van der Waals surface area contributed by atoms with Gasteiger partial charge in [0.1, 0.15) is 0 Å². The minimum atomic E-state index is 0.0395. The fourth-order valence-corrected chi connectivity index (χ4v) is 1.28. The van der Waals surface area contributed by atoms with E-state index in [0.717, 1.165) is 0 Å². The van der Waals surface area contributed by atoms with Crippen molar-refractivity contribution in [1.29, 1.82) is 0 Å². The summed E-state index contributed by atoms with van der Waals surface area (Å²) in [6, 6.07) is 15.1. The molecule has 0 aliphatic carbocycles. The number of aromatic hydroxyl groups is 1. The van der Waals surface area contributed by atoms with Crippen molar-refractivity contribution in [3.05, 3.63) is 59.8 Å². The SMILES string of the molecule is [O-][N+](=NNc1ccccc1O)c1ccccc1. The van der Waals surface area contributed by atoms with Gasteiger partial charge in [0, 0.05) is 0 Å². The normalized spacial score (nSPS) is 11.2. The van der Waals surface area contributed by atoms with Crippen LogP contribution in [0.4, 0.5) is 11.4 Å². The molecule has 2 aromatic carbocycles. The molecular formula is C12H11N3O2. The molecule has 0 radical (unpaired) electrons. The molecule has 0 unspecified atom stereocenters. The van der Waals surface area contributed by atoms with E-state index in [4.69, 9.17) is 0 Å². The lowest BCUT2D eigenvalue weighted by atomic mass is 10.3. The molecule has 2 aromatic rings. The molecule has 0 aliphatic heterocycles. The van der Waals surface area contributed by atoms with E-state index in [1.54, 1.807) is 42.5 Å². The van der Waals surface area contributed by atoms with Gasteiger partial charge >= 0.3 is 0 Å². The molecule has 0 aliphatic rings. The monoisotopic (exact) mass is 229 g/mol. The minimum absolute atomic E-state index is 0.0395. The van der Waals surface area contributed by atoms with Gasteiger partial charge in [-0.1, -0.05) is 30.3 Å². The van der Waals surface area contributed by atoms with Crippen LogP contribution in [0, 0.1) is 5.21 Å². The highest BCUT2D eigenvalue weighted by molar-refractivity contribution is 5.54. The lowest BCUT2D eigenvalue weighted by Crippen LogP contribution is -1.97. The molecule has 0 amide bonds. The first-order valence-corrected chi connectivity index (χ1v) is 5.04. The Hall–Kier alpha value is -2.56. The summed E-state index contributed by atoms with van der Waals surface area (Å²) < 4.78 is 0. The third-order valence-electron chi connectivity index (χ3n) is 2.14. The first kappa shape index (κ1) is 10.9. The molecule has 0 aromatic heterocycles. The molecule has 0 heterocycles. The molecule has 0 saturated heterocycles. The topological polar surface area (TPSA) is 70.7 Å². The van der Waals surface area contributed by atoms with Crippen LogP contribution in [-0.4, -0.2) is 9.97 Å². The largest absolute Gasteiger partial charge is 0.691 e. The number of para-hydroxylation sites is 3. The van der Waals surface area contributed by atoms with Gasteiger partial charge in [0.2, 0.25) is 0 Å². The van der Waals surface area contributed by atoms with Gasteiger partial charge in [0.05, 0.1) is 5.22 Å². The summed E-state index contributed by atoms with van der Waals surface area (Å²) in [6.07, 6.45) is 0. The average Bonchev–Trinajstić information content (AvgIpc) is 2.38. The van der Waals surface area contributed by atoms with Crippen molar-refractivity contribution >= 4 is 11.4 Å². The first-order chi connectivity index (χ1) is 8.27. The van der Waals surface area contributed by atoms with Crippen molar-refractivity contribution in [3.8, 4) is 5.75 Å². The number of rotatable bonds is 3. The van der Waals surface area contributed by atoms with E-state index in [1.165, 1.54) is 6.07 Å². The maximum Gasteiger partial charge on any atom is 0.188 e. The molecule has 5 nitrogen and oxygen atoms in total. The standard InChI is InChI=1S/C12H11N3O2/c16-12-9-5-4-8-11(12)13-14-15(17)10-6-2-1-3-7-10/h1-9,13,16H. The van der Waals surface area contributed by atoms with E-state index in [0.29, 0.717) is 16.2 Å². The molecule has 0 bridgehead atoms. The van der Waals surface area contributed by atoms with Gasteiger partial charge in [0.25, 0.3) is 0 Å². The highest BCUT2D eigenvalue weighted by atomic mass is 16.5. The van der Waals surface area contributed by atoms with Crippen LogP contribution in [0.15, 0.2) is 59.8 Å². The number of nitrogens with one attached hydrogen (secondary N) is 1. The van der Waals surface area contributed by atoms with Gasteiger partial charge in [-0.2, -0.15) is 0 Å². The Balaban J connectivity index is 2.14. The molecule has 17 heavy (non-hydrogen) atoms. The van der Waals surface area contributed by atoms with Crippen LogP contribution in [0.2, 0.25) is 0 Å². The fourth-order valence-electron chi connectivity index (χ4n) is 1.28. The van der Waals surface area contributed by atoms with Crippen molar-refractivity contribution in [3.63, 3.8) is 0 Å². The Morgan fingerprint density at radius 1 is 1.00 bits per heavy atom. The van der Waals surface area contributed by atoms with Crippen LogP contribution >= 0.6 is 0 Å². The predicted octanol–water partition coefficient (Wildman–Crippen LogP) is 3.01. The number of phenolic OH excluding ortho intramolecular Hbond substituents is 1. The summed E-state index contributed by atoms with van der Waals surface area (Å²) in [5.74, 6) is 0.0395. The van der Waals surface area contributed by atoms with Crippen molar-refractivity contribution in [2.45, 2.75) is 0 Å². The summed E-state index contributed by atoms with van der Waals surface area (Å²) in [5.41, 5.74) is 3.29. The van der Waals surface area contributed by atoms with Crippen molar-refractivity contribution < 1.29 is 9.97 Å². The molecule has 5 heteroatoms. The van der Waals surface area contributed by atoms with Gasteiger partial charge in [-0.25, -0.2) is 0 Å². The number of phenols is 1. The second-order valence-electron chi connectivity index (χ2n) is 3.34. The van der Waals surface area contributed by atoms with E-state index in [-0.39, 0.29) is 5.75 Å². The van der Waals surface area contributed by atoms with Crippen LogP contribution in [-0.2, 0) is 0 Å². The summed E-state index contributed by atoms with van der Waals surface area (Å²) in [5, 5.41) is 24.6. The zero-order valence-corrected chi connectivity index (χ0v) is 8.95. The van der Waals surface area contributed by atoms with E-state index >= 15 is 0 Å². The quantitative estimate of drug-likeness (QED) is 0.368. The Morgan fingerprint density at radius 2 is 1.65 bits per heavy atom. The van der Waals surface area contributed by atoms with E-state index in [2.05, 4.69) is 10.6 Å². The van der Waals surface area contributed by atoms with Gasteiger partial charge in [0.15, 0.2) is 17.1 Å². The summed E-state index contributed by atoms with van der Waals surface area (Å²) in [4.78, 5) is 0.451. The Labute approximate surface area is 98.2 Å². The Morgan fingerprint density at radius 3 is 2.35 bits per heavy atom. The third kappa shape index (κ3) is 2.72. The molecule has 2 N–H and O–H groups in total. The van der Waals surface area contributed by atoms with Crippen LogP contribution in [0.1, 0.15) is 0 Å². The molecule has 2 rings (SSSR count). The second kappa shape index (κ2) is 4.98. The van der Waals surface area contributed by atoms with Crippen molar-refractivity contribution in [2.75, 3.05) is 5.43 Å². The molecule has 0 saturated carbocycles. The second-order valence-corrected chi connectivity index (χ2v) is 3.34. The smallest absolute Gasteiger partial charge is 0.188 e. The number of hydrogen-bond acceptors (Lipinski definition) is 3. The summed E-state index contributed by atoms with van der Waals surface area (Å²) in [7, 11) is 0.